The number of nitrogens with one attached hydrogen (secondary N) is 1. The molecule has 0 aliphatic rings. The van der Waals surface area contributed by atoms with Gasteiger partial charge in [-0.05, 0) is 30.2 Å². The van der Waals surface area contributed by atoms with Gasteiger partial charge in [-0.25, -0.2) is 0 Å². The van der Waals surface area contributed by atoms with Crippen molar-refractivity contribution < 1.29 is 4.79 Å². The molecule has 0 aliphatic heterocycles. The Balaban J connectivity index is 2.19. The maximum atomic E-state index is 12.0. The number of amides is 1. The highest BCUT2D eigenvalue weighted by molar-refractivity contribution is 6.07. The Hall–Kier alpha value is -2.36. The fraction of sp³-hybridized carbons (Fsp3) is 0.143. The SMILES string of the molecule is CCc1cccc(NC(=O)c2ccncc2N)c1. The summed E-state index contributed by atoms with van der Waals surface area (Å²) < 4.78 is 0. The molecule has 2 aromatic rings. The molecule has 92 valence electrons. The van der Waals surface area contributed by atoms with E-state index >= 15 is 0 Å². The summed E-state index contributed by atoms with van der Waals surface area (Å²) in [5.41, 5.74) is 8.47. The van der Waals surface area contributed by atoms with Crippen LogP contribution in [0.1, 0.15) is 22.8 Å². The molecule has 0 radical (unpaired) electrons. The zero-order valence-electron chi connectivity index (χ0n) is 10.2. The van der Waals surface area contributed by atoms with Gasteiger partial charge in [-0.2, -0.15) is 0 Å². The van der Waals surface area contributed by atoms with Crippen molar-refractivity contribution in [3.63, 3.8) is 0 Å². The molecule has 1 aromatic carbocycles. The fourth-order valence-corrected chi connectivity index (χ4v) is 1.68. The van der Waals surface area contributed by atoms with Crippen LogP contribution < -0.4 is 11.1 Å². The van der Waals surface area contributed by atoms with Crippen molar-refractivity contribution >= 4 is 17.3 Å². The monoisotopic (exact) mass is 241 g/mol. The number of benzene rings is 1. The number of nitrogens with zero attached hydrogens (tertiary/aromatic N) is 1. The smallest absolute Gasteiger partial charge is 0.257 e. The second-order valence-electron chi connectivity index (χ2n) is 3.97. The van der Waals surface area contributed by atoms with Crippen molar-refractivity contribution in [1.29, 1.82) is 0 Å². The third-order valence-electron chi connectivity index (χ3n) is 2.69. The summed E-state index contributed by atoms with van der Waals surface area (Å²) in [6.45, 7) is 2.07. The summed E-state index contributed by atoms with van der Waals surface area (Å²) in [7, 11) is 0. The van der Waals surface area contributed by atoms with Gasteiger partial charge in [0.05, 0.1) is 17.4 Å². The van der Waals surface area contributed by atoms with Gasteiger partial charge in [0.25, 0.3) is 5.91 Å². The average Bonchev–Trinajstić information content (AvgIpc) is 2.39. The van der Waals surface area contributed by atoms with E-state index in [2.05, 4.69) is 17.2 Å². The predicted molar refractivity (Wildman–Crippen MR) is 72.4 cm³/mol. The quantitative estimate of drug-likeness (QED) is 0.867. The molecule has 4 nitrogen and oxygen atoms in total. The van der Waals surface area contributed by atoms with E-state index in [-0.39, 0.29) is 5.91 Å². The molecule has 1 aromatic heterocycles. The van der Waals surface area contributed by atoms with E-state index in [0.717, 1.165) is 12.1 Å². The number of carbonyl (C=O) groups is 1. The fourth-order valence-electron chi connectivity index (χ4n) is 1.68. The minimum Gasteiger partial charge on any atom is -0.397 e. The first kappa shape index (κ1) is 12.1. The second-order valence-corrected chi connectivity index (χ2v) is 3.97. The average molecular weight is 241 g/mol. The number of nitrogens with two attached hydrogens (primary N) is 1. The number of carbonyl (C=O) groups excluding carboxylic acids is 1. The molecule has 0 unspecified atom stereocenters. The van der Waals surface area contributed by atoms with E-state index in [1.807, 2.05) is 24.3 Å². The van der Waals surface area contributed by atoms with Gasteiger partial charge in [-0.3, -0.25) is 9.78 Å². The molecule has 18 heavy (non-hydrogen) atoms. The molecule has 0 saturated heterocycles. The molecular weight excluding hydrogens is 226 g/mol. The lowest BCUT2D eigenvalue weighted by Gasteiger charge is -2.08. The van der Waals surface area contributed by atoms with Crippen LogP contribution in [0.15, 0.2) is 42.7 Å². The minimum absolute atomic E-state index is 0.219. The first-order valence-corrected chi connectivity index (χ1v) is 5.80. The van der Waals surface area contributed by atoms with Gasteiger partial charge >= 0.3 is 0 Å². The van der Waals surface area contributed by atoms with Crippen molar-refractivity contribution in [2.75, 3.05) is 11.1 Å². The number of aryl methyl sites for hydroxylation is 1. The molecule has 0 atom stereocenters. The third kappa shape index (κ3) is 2.66. The lowest BCUT2D eigenvalue weighted by molar-refractivity contribution is 0.102. The summed E-state index contributed by atoms with van der Waals surface area (Å²) >= 11 is 0. The molecule has 3 N–H and O–H groups in total. The van der Waals surface area contributed by atoms with Crippen molar-refractivity contribution in [3.8, 4) is 0 Å². The number of nitrogen functional groups attached to an aromatic ring is 1. The van der Waals surface area contributed by atoms with Crippen molar-refractivity contribution in [3.05, 3.63) is 53.9 Å². The van der Waals surface area contributed by atoms with Crippen LogP contribution >= 0.6 is 0 Å². The van der Waals surface area contributed by atoms with E-state index < -0.39 is 0 Å². The molecule has 4 heteroatoms. The van der Waals surface area contributed by atoms with Gasteiger partial charge in [-0.15, -0.1) is 0 Å². The number of pyridine rings is 1. The molecule has 1 heterocycles. The summed E-state index contributed by atoms with van der Waals surface area (Å²) in [5, 5.41) is 2.83. The standard InChI is InChI=1S/C14H15N3O/c1-2-10-4-3-5-11(8-10)17-14(18)12-6-7-16-9-13(12)15/h3-9H,2,15H2,1H3,(H,17,18). The Bertz CT molecular complexity index is 566. The molecule has 0 aliphatic carbocycles. The number of rotatable bonds is 3. The number of hydrogen-bond donors (Lipinski definition) is 2. The summed E-state index contributed by atoms with van der Waals surface area (Å²) in [6, 6.07) is 9.36. The van der Waals surface area contributed by atoms with Crippen LogP contribution in [0.2, 0.25) is 0 Å². The van der Waals surface area contributed by atoms with Crippen LogP contribution in [0.3, 0.4) is 0 Å². The zero-order chi connectivity index (χ0) is 13.0. The van der Waals surface area contributed by atoms with E-state index in [0.29, 0.717) is 11.3 Å². The second kappa shape index (κ2) is 5.31. The van der Waals surface area contributed by atoms with Crippen LogP contribution in [0.5, 0.6) is 0 Å². The highest BCUT2D eigenvalue weighted by Gasteiger charge is 2.09. The maximum Gasteiger partial charge on any atom is 0.257 e. The van der Waals surface area contributed by atoms with Crippen molar-refractivity contribution in [2.45, 2.75) is 13.3 Å². The largest absolute Gasteiger partial charge is 0.397 e. The van der Waals surface area contributed by atoms with Crippen LogP contribution in [-0.2, 0) is 6.42 Å². The lowest BCUT2D eigenvalue weighted by atomic mass is 10.1. The van der Waals surface area contributed by atoms with E-state index in [1.54, 1.807) is 12.3 Å². The van der Waals surface area contributed by atoms with Gasteiger partial charge in [0.15, 0.2) is 0 Å². The Morgan fingerprint density at radius 1 is 1.39 bits per heavy atom. The van der Waals surface area contributed by atoms with Crippen LogP contribution in [0, 0.1) is 0 Å². The van der Waals surface area contributed by atoms with Gasteiger partial charge in [-0.1, -0.05) is 19.1 Å². The molecule has 0 saturated carbocycles. The van der Waals surface area contributed by atoms with Crippen LogP contribution in [0.4, 0.5) is 11.4 Å². The predicted octanol–water partition coefficient (Wildman–Crippen LogP) is 2.48. The molecule has 0 bridgehead atoms. The van der Waals surface area contributed by atoms with Gasteiger partial charge in [0, 0.05) is 11.9 Å². The van der Waals surface area contributed by atoms with Crippen molar-refractivity contribution in [1.82, 2.24) is 4.98 Å². The molecule has 1 amide bonds. The topological polar surface area (TPSA) is 68.0 Å². The zero-order valence-corrected chi connectivity index (χ0v) is 10.2. The highest BCUT2D eigenvalue weighted by atomic mass is 16.1. The van der Waals surface area contributed by atoms with Crippen molar-refractivity contribution in [2.24, 2.45) is 0 Å². The van der Waals surface area contributed by atoms with Gasteiger partial charge in [0.2, 0.25) is 0 Å². The summed E-state index contributed by atoms with van der Waals surface area (Å²) in [5.74, 6) is -0.219. The number of anilines is 2. The number of aromatic nitrogens is 1. The van der Waals surface area contributed by atoms with Gasteiger partial charge in [0.1, 0.15) is 0 Å². The maximum absolute atomic E-state index is 12.0. The molecule has 0 spiro atoms. The Morgan fingerprint density at radius 3 is 2.94 bits per heavy atom. The van der Waals surface area contributed by atoms with E-state index in [9.17, 15) is 4.79 Å². The third-order valence-corrected chi connectivity index (χ3v) is 2.69. The Labute approximate surface area is 106 Å². The highest BCUT2D eigenvalue weighted by Crippen LogP contribution is 2.15. The normalized spacial score (nSPS) is 10.1. The molecule has 2 rings (SSSR count). The summed E-state index contributed by atoms with van der Waals surface area (Å²) in [4.78, 5) is 15.9. The van der Waals surface area contributed by atoms with E-state index in [4.69, 9.17) is 5.73 Å². The molecular formula is C14H15N3O. The van der Waals surface area contributed by atoms with Crippen LogP contribution in [-0.4, -0.2) is 10.9 Å². The van der Waals surface area contributed by atoms with Crippen LogP contribution in [0.25, 0.3) is 0 Å². The number of hydrogen-bond acceptors (Lipinski definition) is 3. The van der Waals surface area contributed by atoms with Gasteiger partial charge < -0.3 is 11.1 Å². The Morgan fingerprint density at radius 2 is 2.22 bits per heavy atom. The first-order chi connectivity index (χ1) is 8.70. The minimum atomic E-state index is -0.219. The molecule has 0 fully saturated rings. The van der Waals surface area contributed by atoms with E-state index in [1.165, 1.54) is 11.8 Å². The lowest BCUT2D eigenvalue weighted by Crippen LogP contribution is -2.14. The summed E-state index contributed by atoms with van der Waals surface area (Å²) in [6.07, 6.45) is 3.95. The Kier molecular flexibility index (Phi) is 3.57. The first-order valence-electron chi connectivity index (χ1n) is 5.80.